The molecular weight excluding hydrogens is 499 g/mol. The summed E-state index contributed by atoms with van der Waals surface area (Å²) in [5.74, 6) is -0.972. The quantitative estimate of drug-likeness (QED) is 0.404. The number of likely N-dealkylation sites (tertiary alicyclic amines) is 1. The van der Waals surface area contributed by atoms with Crippen molar-refractivity contribution in [1.29, 1.82) is 5.26 Å². The Bertz CT molecular complexity index is 1550. The van der Waals surface area contributed by atoms with Gasteiger partial charge in [0, 0.05) is 37.0 Å². The van der Waals surface area contributed by atoms with E-state index < -0.39 is 17.4 Å². The Kier molecular flexibility index (Phi) is 6.87. The summed E-state index contributed by atoms with van der Waals surface area (Å²) in [5.41, 5.74) is 2.40. The number of carbonyl (C=O) groups is 2. The Morgan fingerprint density at radius 2 is 1.90 bits per heavy atom. The van der Waals surface area contributed by atoms with Gasteiger partial charge in [-0.05, 0) is 42.5 Å². The molecule has 4 aromatic rings. The first-order valence-corrected chi connectivity index (χ1v) is 12.8. The second-order valence-electron chi connectivity index (χ2n) is 10.8. The van der Waals surface area contributed by atoms with E-state index >= 15 is 0 Å². The summed E-state index contributed by atoms with van der Waals surface area (Å²) in [7, 11) is 0. The predicted octanol–water partition coefficient (Wildman–Crippen LogP) is 3.86. The van der Waals surface area contributed by atoms with Crippen LogP contribution in [0.2, 0.25) is 0 Å². The summed E-state index contributed by atoms with van der Waals surface area (Å²) in [5, 5.41) is 16.4. The standard InChI is InChI=1S/C28H29FN8O2/c1-28(2,3)24(27(39)36-10-8-17(12-30)9-11-36)35-26(38)21-14-31-25-23(21)34-22(15-32-25)18-13-33-37(16-18)20-6-4-19(29)5-7-20/h4-7,13-17,24H,8-11H2,1-3H3,(H,31,32)(H,35,38)/t24-/m0/s1. The second kappa shape index (κ2) is 10.3. The molecule has 0 saturated carbocycles. The van der Waals surface area contributed by atoms with Crippen LogP contribution in [0.5, 0.6) is 0 Å². The van der Waals surface area contributed by atoms with Gasteiger partial charge in [-0.25, -0.2) is 19.0 Å². The molecule has 0 spiro atoms. The summed E-state index contributed by atoms with van der Waals surface area (Å²) in [4.78, 5) is 40.7. The van der Waals surface area contributed by atoms with Crippen molar-refractivity contribution in [1.82, 2.24) is 34.9 Å². The fourth-order valence-corrected chi connectivity index (χ4v) is 4.66. The fourth-order valence-electron chi connectivity index (χ4n) is 4.66. The van der Waals surface area contributed by atoms with Crippen molar-refractivity contribution in [3.63, 3.8) is 0 Å². The third-order valence-electron chi connectivity index (χ3n) is 6.97. The van der Waals surface area contributed by atoms with E-state index in [4.69, 9.17) is 0 Å². The lowest BCUT2D eigenvalue weighted by molar-refractivity contribution is -0.137. The van der Waals surface area contributed by atoms with Gasteiger partial charge in [0.1, 0.15) is 17.4 Å². The molecule has 0 unspecified atom stereocenters. The number of nitrogens with one attached hydrogen (secondary N) is 2. The normalized spacial score (nSPS) is 15.2. The molecule has 0 aliphatic carbocycles. The van der Waals surface area contributed by atoms with Crippen LogP contribution in [-0.4, -0.2) is 60.6 Å². The molecule has 5 rings (SSSR count). The number of rotatable bonds is 5. The molecule has 1 aliphatic rings. The van der Waals surface area contributed by atoms with Gasteiger partial charge in [0.05, 0.1) is 35.4 Å². The molecule has 39 heavy (non-hydrogen) atoms. The van der Waals surface area contributed by atoms with Crippen molar-refractivity contribution >= 4 is 23.0 Å². The first-order valence-electron chi connectivity index (χ1n) is 12.8. The van der Waals surface area contributed by atoms with Crippen LogP contribution < -0.4 is 5.32 Å². The molecule has 3 aromatic heterocycles. The Labute approximate surface area is 224 Å². The van der Waals surface area contributed by atoms with E-state index in [1.54, 1.807) is 40.3 Å². The number of benzene rings is 1. The van der Waals surface area contributed by atoms with E-state index in [9.17, 15) is 19.2 Å². The summed E-state index contributed by atoms with van der Waals surface area (Å²) in [6.07, 6.45) is 7.75. The second-order valence-corrected chi connectivity index (χ2v) is 10.8. The average molecular weight is 529 g/mol. The predicted molar refractivity (Wildman–Crippen MR) is 142 cm³/mol. The Hall–Kier alpha value is -4.59. The van der Waals surface area contributed by atoms with Crippen LogP contribution in [0.3, 0.4) is 0 Å². The van der Waals surface area contributed by atoms with E-state index in [2.05, 4.69) is 31.4 Å². The first kappa shape index (κ1) is 26.0. The highest BCUT2D eigenvalue weighted by Crippen LogP contribution is 2.26. The van der Waals surface area contributed by atoms with Crippen molar-refractivity contribution < 1.29 is 14.0 Å². The minimum atomic E-state index is -0.765. The lowest BCUT2D eigenvalue weighted by Gasteiger charge is -2.37. The maximum absolute atomic E-state index is 13.5. The van der Waals surface area contributed by atoms with Crippen LogP contribution in [-0.2, 0) is 4.79 Å². The number of halogens is 1. The van der Waals surface area contributed by atoms with Crippen molar-refractivity contribution in [3.8, 4) is 23.0 Å². The molecule has 1 aliphatic heterocycles. The lowest BCUT2D eigenvalue weighted by atomic mass is 9.85. The number of aromatic nitrogens is 5. The average Bonchev–Trinajstić information content (AvgIpc) is 3.58. The number of aromatic amines is 1. The zero-order valence-corrected chi connectivity index (χ0v) is 22.0. The zero-order valence-electron chi connectivity index (χ0n) is 22.0. The number of fused-ring (bicyclic) bond motifs is 1. The molecule has 0 bridgehead atoms. The molecular formula is C28H29FN8O2. The van der Waals surface area contributed by atoms with E-state index in [1.165, 1.54) is 18.3 Å². The van der Waals surface area contributed by atoms with Gasteiger partial charge in [0.25, 0.3) is 5.91 Å². The van der Waals surface area contributed by atoms with Crippen LogP contribution in [0.4, 0.5) is 4.39 Å². The number of hydrogen-bond donors (Lipinski definition) is 2. The third-order valence-corrected chi connectivity index (χ3v) is 6.97. The minimum Gasteiger partial charge on any atom is -0.344 e. The molecule has 1 saturated heterocycles. The van der Waals surface area contributed by atoms with Crippen LogP contribution in [0.1, 0.15) is 44.0 Å². The van der Waals surface area contributed by atoms with Gasteiger partial charge in [-0.3, -0.25) is 9.59 Å². The van der Waals surface area contributed by atoms with Gasteiger partial charge >= 0.3 is 0 Å². The number of carbonyl (C=O) groups excluding carboxylic acids is 2. The highest BCUT2D eigenvalue weighted by molar-refractivity contribution is 6.06. The van der Waals surface area contributed by atoms with Crippen molar-refractivity contribution in [2.75, 3.05) is 13.1 Å². The molecule has 1 fully saturated rings. The van der Waals surface area contributed by atoms with Crippen molar-refractivity contribution in [2.45, 2.75) is 39.7 Å². The highest BCUT2D eigenvalue weighted by Gasteiger charge is 2.37. The molecule has 200 valence electrons. The molecule has 1 atom stereocenters. The molecule has 4 heterocycles. The lowest BCUT2D eigenvalue weighted by Crippen LogP contribution is -2.56. The van der Waals surface area contributed by atoms with Crippen LogP contribution >= 0.6 is 0 Å². The fraction of sp³-hybridized carbons (Fsp3) is 0.357. The first-order chi connectivity index (χ1) is 18.6. The Morgan fingerprint density at radius 1 is 1.18 bits per heavy atom. The number of H-pyrrole nitrogens is 1. The summed E-state index contributed by atoms with van der Waals surface area (Å²) >= 11 is 0. The molecule has 10 nitrogen and oxygen atoms in total. The maximum Gasteiger partial charge on any atom is 0.255 e. The SMILES string of the molecule is CC(C)(C)[C@@H](NC(=O)c1c[nH]c2ncc(-c3cnn(-c4ccc(F)cc4)c3)nc12)C(=O)N1CCC(C#N)CC1. The summed E-state index contributed by atoms with van der Waals surface area (Å²) in [6.45, 7) is 6.71. The van der Waals surface area contributed by atoms with Gasteiger partial charge in [0.2, 0.25) is 5.91 Å². The number of piperidine rings is 1. The van der Waals surface area contributed by atoms with Crippen LogP contribution in [0.25, 0.3) is 28.1 Å². The molecule has 2 amide bonds. The third kappa shape index (κ3) is 5.36. The van der Waals surface area contributed by atoms with E-state index in [-0.39, 0.29) is 23.2 Å². The number of amides is 2. The van der Waals surface area contributed by atoms with Crippen molar-refractivity contribution in [3.05, 3.63) is 60.4 Å². The summed E-state index contributed by atoms with van der Waals surface area (Å²) in [6, 6.07) is 7.47. The van der Waals surface area contributed by atoms with Gasteiger partial charge in [-0.2, -0.15) is 10.4 Å². The highest BCUT2D eigenvalue weighted by atomic mass is 19.1. The Balaban J connectivity index is 1.38. The molecule has 0 radical (unpaired) electrons. The maximum atomic E-state index is 13.5. The van der Waals surface area contributed by atoms with Gasteiger partial charge in [0.15, 0.2) is 5.65 Å². The summed E-state index contributed by atoms with van der Waals surface area (Å²) < 4.78 is 14.9. The largest absolute Gasteiger partial charge is 0.344 e. The minimum absolute atomic E-state index is 0.0430. The number of nitrogens with zero attached hydrogens (tertiary/aromatic N) is 6. The van der Waals surface area contributed by atoms with E-state index in [1.807, 2.05) is 20.8 Å². The number of nitriles is 1. The van der Waals surface area contributed by atoms with E-state index in [0.29, 0.717) is 54.0 Å². The van der Waals surface area contributed by atoms with Crippen LogP contribution in [0.15, 0.2) is 49.1 Å². The van der Waals surface area contributed by atoms with E-state index in [0.717, 1.165) is 0 Å². The van der Waals surface area contributed by atoms with Gasteiger partial charge in [-0.1, -0.05) is 20.8 Å². The topological polar surface area (TPSA) is 133 Å². The Morgan fingerprint density at radius 3 is 2.56 bits per heavy atom. The van der Waals surface area contributed by atoms with Gasteiger partial charge < -0.3 is 15.2 Å². The van der Waals surface area contributed by atoms with Crippen molar-refractivity contribution in [2.24, 2.45) is 11.3 Å². The molecule has 1 aromatic carbocycles. The number of hydrogen-bond acceptors (Lipinski definition) is 6. The van der Waals surface area contributed by atoms with Crippen LogP contribution in [0, 0.1) is 28.5 Å². The molecule has 11 heteroatoms. The molecule has 2 N–H and O–H groups in total. The van der Waals surface area contributed by atoms with Gasteiger partial charge in [-0.15, -0.1) is 0 Å². The smallest absolute Gasteiger partial charge is 0.255 e. The zero-order chi connectivity index (χ0) is 27.7. The monoisotopic (exact) mass is 528 g/mol.